The van der Waals surface area contributed by atoms with Gasteiger partial charge in [0.2, 0.25) is 5.91 Å². The maximum absolute atomic E-state index is 15.8. The lowest BCUT2D eigenvalue weighted by Crippen LogP contribution is -2.49. The monoisotopic (exact) mass is 525 g/mol. The number of hydrogen-bond acceptors (Lipinski definition) is 3. The van der Waals surface area contributed by atoms with Crippen molar-refractivity contribution in [2.24, 2.45) is 11.8 Å². The predicted molar refractivity (Wildman–Crippen MR) is 140 cm³/mol. The highest BCUT2D eigenvalue weighted by atomic mass is 19.1. The van der Waals surface area contributed by atoms with Gasteiger partial charge >= 0.3 is 0 Å². The second kappa shape index (κ2) is 10.3. The van der Waals surface area contributed by atoms with E-state index in [0.29, 0.717) is 44.1 Å². The van der Waals surface area contributed by atoms with Crippen molar-refractivity contribution in [3.63, 3.8) is 0 Å². The number of benzene rings is 2. The highest BCUT2D eigenvalue weighted by molar-refractivity contribution is 5.87. The summed E-state index contributed by atoms with van der Waals surface area (Å²) in [6.45, 7) is 3.83. The van der Waals surface area contributed by atoms with Crippen molar-refractivity contribution in [2.45, 2.75) is 51.1 Å². The van der Waals surface area contributed by atoms with Gasteiger partial charge in [0.1, 0.15) is 30.0 Å². The van der Waals surface area contributed by atoms with Gasteiger partial charge in [-0.3, -0.25) is 14.1 Å². The molecule has 1 saturated carbocycles. The zero-order chi connectivity index (χ0) is 26.4. The summed E-state index contributed by atoms with van der Waals surface area (Å²) in [6, 6.07) is 9.18. The number of rotatable bonds is 8. The van der Waals surface area contributed by atoms with E-state index < -0.39 is 17.7 Å². The van der Waals surface area contributed by atoms with Crippen molar-refractivity contribution >= 4 is 16.8 Å². The number of likely N-dealkylation sites (tertiary alicyclic amines) is 1. The lowest BCUT2D eigenvalue weighted by atomic mass is 9.81. The number of aromatic amines is 1. The summed E-state index contributed by atoms with van der Waals surface area (Å²) in [4.78, 5) is 20.8. The number of halogens is 3. The number of carbonyl (C=O) groups excluding carboxylic acids is 1. The number of aromatic nitrogens is 1. The number of hydrogen-bond donors (Lipinski definition) is 1. The number of nitrogens with zero attached hydrogens (tertiary/aromatic N) is 2. The molecule has 38 heavy (non-hydrogen) atoms. The Morgan fingerprint density at radius 3 is 2.53 bits per heavy atom. The van der Waals surface area contributed by atoms with Gasteiger partial charge in [-0.25, -0.2) is 8.78 Å². The quantitative estimate of drug-likeness (QED) is 0.406. The van der Waals surface area contributed by atoms with Crippen LogP contribution < -0.4 is 4.74 Å². The summed E-state index contributed by atoms with van der Waals surface area (Å²) in [5, 5.41) is 1.02. The zero-order valence-corrected chi connectivity index (χ0v) is 21.7. The Morgan fingerprint density at radius 2 is 1.84 bits per heavy atom. The molecule has 0 bridgehead atoms. The molecule has 8 heteroatoms. The van der Waals surface area contributed by atoms with Crippen LogP contribution in [0.3, 0.4) is 0 Å². The van der Waals surface area contributed by atoms with Crippen LogP contribution in [0.1, 0.15) is 55.5 Å². The topological polar surface area (TPSA) is 48.6 Å². The van der Waals surface area contributed by atoms with Crippen molar-refractivity contribution < 1.29 is 22.7 Å². The molecule has 1 aromatic heterocycles. The van der Waals surface area contributed by atoms with E-state index in [1.165, 1.54) is 12.1 Å². The third-order valence-electron chi connectivity index (χ3n) is 8.60. The van der Waals surface area contributed by atoms with Crippen molar-refractivity contribution in [3.05, 3.63) is 64.9 Å². The Balaban J connectivity index is 1.32. The Bertz CT molecular complexity index is 1310. The standard InChI is InChI=1S/C30H34F3N3O2/c1-18-11-23-22-7-2-3-8-26(22)34-29(23)30(36(18)27(37)12-19-5-4-6-19)28-24(32)13-21(14-25(28)33)38-10-9-35-16-20(15-31)17-35/h2-3,7-8,13-14,18-20,30,34H,4-6,9-12,15-17H2,1H3/t18-,30-/m1/s1. The minimum atomic E-state index is -0.888. The first-order chi connectivity index (χ1) is 18.4. The number of carbonyl (C=O) groups is 1. The largest absolute Gasteiger partial charge is 0.492 e. The van der Waals surface area contributed by atoms with Gasteiger partial charge in [-0.05, 0) is 43.7 Å². The van der Waals surface area contributed by atoms with E-state index in [4.69, 9.17) is 4.74 Å². The molecule has 0 unspecified atom stereocenters. The molecule has 2 atom stereocenters. The van der Waals surface area contributed by atoms with E-state index in [1.807, 2.05) is 31.2 Å². The normalized spacial score (nSPS) is 22.3. The SMILES string of the molecule is C[C@@H]1Cc2c([nH]c3ccccc23)[C@@H](c2c(F)cc(OCCN3CC(CF)C3)cc2F)N1C(=O)CC1CCC1. The number of H-pyrrole nitrogens is 1. The van der Waals surface area contributed by atoms with Crippen LogP contribution in [0.5, 0.6) is 5.75 Å². The van der Waals surface area contributed by atoms with Crippen molar-refractivity contribution in [2.75, 3.05) is 32.9 Å². The average molecular weight is 526 g/mol. The van der Waals surface area contributed by atoms with Gasteiger partial charge in [-0.1, -0.05) is 24.6 Å². The summed E-state index contributed by atoms with van der Waals surface area (Å²) >= 11 is 0. The lowest BCUT2D eigenvalue weighted by molar-refractivity contribution is -0.137. The van der Waals surface area contributed by atoms with Gasteiger partial charge in [0, 0.05) is 66.7 Å². The van der Waals surface area contributed by atoms with Gasteiger partial charge in [-0.2, -0.15) is 0 Å². The summed E-state index contributed by atoms with van der Waals surface area (Å²) in [5.74, 6) is -0.989. The third-order valence-corrected chi connectivity index (χ3v) is 8.60. The molecule has 1 N–H and O–H groups in total. The van der Waals surface area contributed by atoms with Gasteiger partial charge in [0.25, 0.3) is 0 Å². The van der Waals surface area contributed by atoms with E-state index in [2.05, 4.69) is 9.88 Å². The minimum Gasteiger partial charge on any atom is -0.492 e. The maximum atomic E-state index is 15.8. The second-order valence-corrected chi connectivity index (χ2v) is 11.2. The molecule has 3 aromatic rings. The van der Waals surface area contributed by atoms with E-state index in [1.54, 1.807) is 4.90 Å². The minimum absolute atomic E-state index is 0.0586. The number of alkyl halides is 1. The molecular formula is C30H34F3N3O2. The van der Waals surface area contributed by atoms with Crippen LogP contribution in [0, 0.1) is 23.5 Å². The highest BCUT2D eigenvalue weighted by Gasteiger charge is 2.42. The molecule has 0 radical (unpaired) electrons. The van der Waals surface area contributed by atoms with E-state index in [0.717, 1.165) is 35.7 Å². The smallest absolute Gasteiger partial charge is 0.223 e. The fourth-order valence-electron chi connectivity index (χ4n) is 6.34. The second-order valence-electron chi connectivity index (χ2n) is 11.2. The van der Waals surface area contributed by atoms with Gasteiger partial charge in [-0.15, -0.1) is 0 Å². The van der Waals surface area contributed by atoms with Gasteiger partial charge in [0.15, 0.2) is 0 Å². The molecule has 6 rings (SSSR count). The van der Waals surface area contributed by atoms with Crippen LogP contribution in [-0.4, -0.2) is 59.6 Å². The first-order valence-electron chi connectivity index (χ1n) is 13.7. The highest BCUT2D eigenvalue weighted by Crippen LogP contribution is 2.44. The fourth-order valence-corrected chi connectivity index (χ4v) is 6.34. The van der Waals surface area contributed by atoms with Crippen molar-refractivity contribution in [1.29, 1.82) is 0 Å². The number of fused-ring (bicyclic) bond motifs is 3. The Morgan fingerprint density at radius 1 is 1.11 bits per heavy atom. The van der Waals surface area contributed by atoms with Gasteiger partial charge in [0.05, 0.1) is 12.2 Å². The van der Waals surface area contributed by atoms with Crippen LogP contribution in [0.2, 0.25) is 0 Å². The number of nitrogens with one attached hydrogen (secondary N) is 1. The van der Waals surface area contributed by atoms with E-state index in [-0.39, 0.29) is 42.5 Å². The molecule has 1 aliphatic carbocycles. The van der Waals surface area contributed by atoms with E-state index >= 15 is 8.78 Å². The molecule has 3 aliphatic rings. The zero-order valence-electron chi connectivity index (χ0n) is 21.7. The molecule has 202 valence electrons. The first kappa shape index (κ1) is 25.3. The molecule has 0 spiro atoms. The molecule has 1 saturated heterocycles. The molecule has 5 nitrogen and oxygen atoms in total. The molecule has 2 aliphatic heterocycles. The average Bonchev–Trinajstić information content (AvgIpc) is 3.20. The van der Waals surface area contributed by atoms with Crippen LogP contribution in [0.25, 0.3) is 10.9 Å². The van der Waals surface area contributed by atoms with Crippen LogP contribution >= 0.6 is 0 Å². The molecular weight excluding hydrogens is 491 g/mol. The maximum Gasteiger partial charge on any atom is 0.223 e. The summed E-state index contributed by atoms with van der Waals surface area (Å²) in [6.07, 6.45) is 4.20. The van der Waals surface area contributed by atoms with Crippen LogP contribution in [0.15, 0.2) is 36.4 Å². The van der Waals surface area contributed by atoms with Crippen molar-refractivity contribution in [3.8, 4) is 5.75 Å². The molecule has 2 fully saturated rings. The van der Waals surface area contributed by atoms with Crippen LogP contribution in [-0.2, 0) is 11.2 Å². The molecule has 3 heterocycles. The molecule has 2 aromatic carbocycles. The van der Waals surface area contributed by atoms with Crippen molar-refractivity contribution in [1.82, 2.24) is 14.8 Å². The van der Waals surface area contributed by atoms with Gasteiger partial charge < -0.3 is 14.6 Å². The first-order valence-corrected chi connectivity index (χ1v) is 13.7. The number of para-hydroxylation sites is 1. The predicted octanol–water partition coefficient (Wildman–Crippen LogP) is 5.78. The summed E-state index contributed by atoms with van der Waals surface area (Å²) in [5.41, 5.74) is 2.45. The number of amides is 1. The Labute approximate surface area is 220 Å². The fraction of sp³-hybridized carbons (Fsp3) is 0.500. The lowest BCUT2D eigenvalue weighted by Gasteiger charge is -2.42. The number of ether oxygens (including phenoxy) is 1. The van der Waals surface area contributed by atoms with E-state index in [9.17, 15) is 9.18 Å². The molecule has 1 amide bonds. The third kappa shape index (κ3) is 4.57. The summed E-state index contributed by atoms with van der Waals surface area (Å²) < 4.78 is 49.9. The summed E-state index contributed by atoms with van der Waals surface area (Å²) in [7, 11) is 0. The Kier molecular flexibility index (Phi) is 6.84. The Hall–Kier alpha value is -3.00. The van der Waals surface area contributed by atoms with Crippen LogP contribution in [0.4, 0.5) is 13.2 Å².